The van der Waals surface area contributed by atoms with Gasteiger partial charge in [0.2, 0.25) is 0 Å². The number of aromatic nitrogens is 4. The Morgan fingerprint density at radius 1 is 1.17 bits per heavy atom. The number of hydrogen-bond donors (Lipinski definition) is 0. The Balaban J connectivity index is 2.08. The van der Waals surface area contributed by atoms with Crippen LogP contribution in [0.3, 0.4) is 0 Å². The van der Waals surface area contributed by atoms with E-state index in [9.17, 15) is 0 Å². The Kier molecular flexibility index (Phi) is 3.04. The molecular weight excluding hydrogens is 248 g/mol. The second-order valence-electron chi connectivity index (χ2n) is 4.71. The van der Waals surface area contributed by atoms with Crippen molar-refractivity contribution in [2.45, 2.75) is 39.0 Å². The van der Waals surface area contributed by atoms with E-state index >= 15 is 0 Å². The fourth-order valence-electron chi connectivity index (χ4n) is 2.40. The molecule has 2 aromatic rings. The molecule has 0 N–H and O–H groups in total. The van der Waals surface area contributed by atoms with Crippen molar-refractivity contribution < 1.29 is 0 Å². The van der Waals surface area contributed by atoms with Gasteiger partial charge < -0.3 is 0 Å². The first-order chi connectivity index (χ1) is 8.75. The normalized spacial score (nSPS) is 15.2. The van der Waals surface area contributed by atoms with Crippen molar-refractivity contribution in [2.75, 3.05) is 0 Å². The SMILES string of the molecule is Cc1cc(-n2nc3c(c2Cl)CCCCC3)ncn1. The molecule has 0 spiro atoms. The van der Waals surface area contributed by atoms with Crippen LogP contribution in [0.15, 0.2) is 12.4 Å². The number of aryl methyl sites for hydroxylation is 2. The maximum Gasteiger partial charge on any atom is 0.158 e. The Hall–Kier alpha value is -1.42. The number of halogens is 1. The summed E-state index contributed by atoms with van der Waals surface area (Å²) in [7, 11) is 0. The van der Waals surface area contributed by atoms with Crippen molar-refractivity contribution in [1.29, 1.82) is 0 Å². The molecule has 0 unspecified atom stereocenters. The maximum absolute atomic E-state index is 6.44. The monoisotopic (exact) mass is 262 g/mol. The molecule has 0 aromatic carbocycles. The second-order valence-corrected chi connectivity index (χ2v) is 5.06. The molecule has 2 aromatic heterocycles. The molecular formula is C13H15ClN4. The lowest BCUT2D eigenvalue weighted by Crippen LogP contribution is -2.02. The van der Waals surface area contributed by atoms with E-state index in [2.05, 4.69) is 15.1 Å². The van der Waals surface area contributed by atoms with Crippen molar-refractivity contribution in [3.05, 3.63) is 34.5 Å². The van der Waals surface area contributed by atoms with Crippen LogP contribution in [0.4, 0.5) is 0 Å². The molecule has 3 rings (SSSR count). The van der Waals surface area contributed by atoms with E-state index < -0.39 is 0 Å². The van der Waals surface area contributed by atoms with Crippen molar-refractivity contribution in [3.8, 4) is 5.82 Å². The summed E-state index contributed by atoms with van der Waals surface area (Å²) in [5.74, 6) is 0.751. The van der Waals surface area contributed by atoms with Gasteiger partial charge in [0.25, 0.3) is 0 Å². The lowest BCUT2D eigenvalue weighted by atomic mass is 10.1. The van der Waals surface area contributed by atoms with Crippen LogP contribution in [0.25, 0.3) is 5.82 Å². The molecule has 0 saturated heterocycles. The molecule has 1 aliphatic rings. The first kappa shape index (κ1) is 11.7. The van der Waals surface area contributed by atoms with E-state index in [0.717, 1.165) is 30.0 Å². The minimum absolute atomic E-state index is 0.713. The van der Waals surface area contributed by atoms with Gasteiger partial charge >= 0.3 is 0 Å². The van der Waals surface area contributed by atoms with Gasteiger partial charge in [0.15, 0.2) is 5.82 Å². The Labute approximate surface area is 111 Å². The summed E-state index contributed by atoms with van der Waals surface area (Å²) in [6, 6.07) is 1.90. The summed E-state index contributed by atoms with van der Waals surface area (Å²) in [6.07, 6.45) is 7.25. The number of nitrogens with zero attached hydrogens (tertiary/aromatic N) is 4. The van der Waals surface area contributed by atoms with Crippen LogP contribution in [0, 0.1) is 6.92 Å². The van der Waals surface area contributed by atoms with Gasteiger partial charge in [-0.05, 0) is 32.6 Å². The first-order valence-electron chi connectivity index (χ1n) is 6.31. The van der Waals surface area contributed by atoms with Crippen molar-refractivity contribution in [1.82, 2.24) is 19.7 Å². The Bertz CT molecular complexity index is 576. The van der Waals surface area contributed by atoms with E-state index in [1.165, 1.54) is 24.8 Å². The van der Waals surface area contributed by atoms with Crippen LogP contribution in [0.5, 0.6) is 0 Å². The molecule has 0 amide bonds. The zero-order valence-electron chi connectivity index (χ0n) is 10.4. The van der Waals surface area contributed by atoms with Crippen molar-refractivity contribution in [3.63, 3.8) is 0 Å². The van der Waals surface area contributed by atoms with Gasteiger partial charge in [-0.1, -0.05) is 18.0 Å². The average Bonchev–Trinajstić information content (AvgIpc) is 2.55. The fraction of sp³-hybridized carbons (Fsp3) is 0.462. The van der Waals surface area contributed by atoms with Gasteiger partial charge in [-0.25, -0.2) is 14.6 Å². The zero-order valence-corrected chi connectivity index (χ0v) is 11.1. The lowest BCUT2D eigenvalue weighted by Gasteiger charge is -2.03. The molecule has 0 atom stereocenters. The van der Waals surface area contributed by atoms with Crippen LogP contribution in [0.2, 0.25) is 5.15 Å². The van der Waals surface area contributed by atoms with E-state index in [-0.39, 0.29) is 0 Å². The van der Waals surface area contributed by atoms with E-state index in [1.807, 2.05) is 13.0 Å². The molecule has 1 aliphatic carbocycles. The van der Waals surface area contributed by atoms with Crippen molar-refractivity contribution >= 4 is 11.6 Å². The summed E-state index contributed by atoms with van der Waals surface area (Å²) in [5, 5.41) is 5.33. The third-order valence-electron chi connectivity index (χ3n) is 3.35. The summed E-state index contributed by atoms with van der Waals surface area (Å²) in [6.45, 7) is 1.94. The average molecular weight is 263 g/mol. The van der Waals surface area contributed by atoms with Crippen LogP contribution in [-0.2, 0) is 12.8 Å². The van der Waals surface area contributed by atoms with Gasteiger partial charge in [-0.15, -0.1) is 0 Å². The van der Waals surface area contributed by atoms with E-state index in [1.54, 1.807) is 11.0 Å². The third kappa shape index (κ3) is 2.01. The van der Waals surface area contributed by atoms with Gasteiger partial charge in [0, 0.05) is 17.3 Å². The predicted molar refractivity (Wildman–Crippen MR) is 70.2 cm³/mol. The van der Waals surface area contributed by atoms with E-state index in [0.29, 0.717) is 5.15 Å². The maximum atomic E-state index is 6.44. The third-order valence-corrected chi connectivity index (χ3v) is 3.74. The number of fused-ring (bicyclic) bond motifs is 1. The molecule has 0 saturated carbocycles. The molecule has 4 nitrogen and oxygen atoms in total. The van der Waals surface area contributed by atoms with Crippen LogP contribution >= 0.6 is 11.6 Å². The minimum atomic E-state index is 0.713. The molecule has 0 fully saturated rings. The van der Waals surface area contributed by atoms with Crippen LogP contribution in [-0.4, -0.2) is 19.7 Å². The molecule has 94 valence electrons. The summed E-state index contributed by atoms with van der Waals surface area (Å²) < 4.78 is 1.74. The highest BCUT2D eigenvalue weighted by atomic mass is 35.5. The highest BCUT2D eigenvalue weighted by Gasteiger charge is 2.19. The molecule has 5 heteroatoms. The highest BCUT2D eigenvalue weighted by Crippen LogP contribution is 2.28. The molecule has 0 aliphatic heterocycles. The van der Waals surface area contributed by atoms with Crippen LogP contribution in [0.1, 0.15) is 36.2 Å². The Morgan fingerprint density at radius 3 is 2.83 bits per heavy atom. The number of hydrogen-bond acceptors (Lipinski definition) is 3. The second kappa shape index (κ2) is 4.69. The summed E-state index contributed by atoms with van der Waals surface area (Å²) in [4.78, 5) is 8.34. The lowest BCUT2D eigenvalue weighted by molar-refractivity contribution is 0.692. The summed E-state index contributed by atoms with van der Waals surface area (Å²) in [5.41, 5.74) is 3.25. The molecule has 2 heterocycles. The van der Waals surface area contributed by atoms with E-state index in [4.69, 9.17) is 11.6 Å². The molecule has 0 bridgehead atoms. The molecule has 18 heavy (non-hydrogen) atoms. The summed E-state index contributed by atoms with van der Waals surface area (Å²) >= 11 is 6.44. The topological polar surface area (TPSA) is 43.6 Å². The number of rotatable bonds is 1. The van der Waals surface area contributed by atoms with Gasteiger partial charge in [-0.3, -0.25) is 0 Å². The Morgan fingerprint density at radius 2 is 2.00 bits per heavy atom. The van der Waals surface area contributed by atoms with Crippen molar-refractivity contribution in [2.24, 2.45) is 0 Å². The van der Waals surface area contributed by atoms with Gasteiger partial charge in [0.1, 0.15) is 11.5 Å². The van der Waals surface area contributed by atoms with Gasteiger partial charge in [0.05, 0.1) is 5.69 Å². The smallest absolute Gasteiger partial charge is 0.158 e. The van der Waals surface area contributed by atoms with Crippen LogP contribution < -0.4 is 0 Å². The predicted octanol–water partition coefficient (Wildman–Crippen LogP) is 2.89. The standard InChI is InChI=1S/C13H15ClN4/c1-9-7-12(16-8-15-9)18-13(14)10-5-3-2-4-6-11(10)17-18/h7-8H,2-6H2,1H3. The first-order valence-corrected chi connectivity index (χ1v) is 6.69. The quantitative estimate of drug-likeness (QED) is 0.743. The molecule has 0 radical (unpaired) electrons. The fourth-order valence-corrected chi connectivity index (χ4v) is 2.73. The zero-order chi connectivity index (χ0) is 12.5. The minimum Gasteiger partial charge on any atom is -0.242 e. The largest absolute Gasteiger partial charge is 0.242 e. The highest BCUT2D eigenvalue weighted by molar-refractivity contribution is 6.30. The van der Waals surface area contributed by atoms with Gasteiger partial charge in [-0.2, -0.15) is 5.10 Å².